The minimum Gasteiger partial charge on any atom is -0.511 e. The van der Waals surface area contributed by atoms with Crippen LogP contribution in [0.1, 0.15) is 59.8 Å². The molecule has 0 spiro atoms. The van der Waals surface area contributed by atoms with Crippen molar-refractivity contribution in [2.24, 2.45) is 11.8 Å². The zero-order valence-electron chi connectivity index (χ0n) is 16.5. The van der Waals surface area contributed by atoms with Crippen LogP contribution in [0.4, 0.5) is 0 Å². The molecule has 0 aromatic rings. The summed E-state index contributed by atoms with van der Waals surface area (Å²) in [5, 5.41) is 19.4. The molecule has 1 aliphatic heterocycles. The number of carboxylic acids is 1. The van der Waals surface area contributed by atoms with E-state index in [2.05, 4.69) is 0 Å². The highest BCUT2D eigenvalue weighted by atomic mass is 16.5. The number of hydrogen-bond acceptors (Lipinski definition) is 5. The zero-order valence-corrected chi connectivity index (χ0v) is 16.5. The lowest BCUT2D eigenvalue weighted by molar-refractivity contribution is -0.150. The molecule has 27 heavy (non-hydrogen) atoms. The van der Waals surface area contributed by atoms with Gasteiger partial charge in [0.15, 0.2) is 5.78 Å². The van der Waals surface area contributed by atoms with Crippen LogP contribution in [0.3, 0.4) is 0 Å². The summed E-state index contributed by atoms with van der Waals surface area (Å²) >= 11 is 0. The molecule has 3 atom stereocenters. The van der Waals surface area contributed by atoms with Crippen molar-refractivity contribution in [3.05, 3.63) is 35.1 Å². The summed E-state index contributed by atoms with van der Waals surface area (Å²) in [4.78, 5) is 35.0. The molecule has 0 aromatic heterocycles. The van der Waals surface area contributed by atoms with Crippen molar-refractivity contribution in [1.29, 1.82) is 0 Å². The summed E-state index contributed by atoms with van der Waals surface area (Å²) in [6.45, 7) is 7.57. The molecular formula is C21H30O6. The van der Waals surface area contributed by atoms with Crippen LogP contribution in [0.2, 0.25) is 0 Å². The lowest BCUT2D eigenvalue weighted by atomic mass is 9.96. The van der Waals surface area contributed by atoms with Gasteiger partial charge in [0.05, 0.1) is 5.57 Å². The predicted octanol–water partition coefficient (Wildman–Crippen LogP) is 4.12. The third-order valence-electron chi connectivity index (χ3n) is 4.62. The van der Waals surface area contributed by atoms with Gasteiger partial charge in [0, 0.05) is 12.8 Å². The second-order valence-corrected chi connectivity index (χ2v) is 7.26. The number of Topliss-reactive ketones (excluding diaryl/α,β-unsaturated/α-hetero) is 1. The molecule has 2 N–H and O–H groups in total. The van der Waals surface area contributed by atoms with E-state index in [-0.39, 0.29) is 47.4 Å². The molecule has 0 bridgehead atoms. The molecule has 0 unspecified atom stereocenters. The molecule has 1 rings (SSSR count). The van der Waals surface area contributed by atoms with Gasteiger partial charge in [-0.05, 0) is 31.6 Å². The van der Waals surface area contributed by atoms with Crippen molar-refractivity contribution in [1.82, 2.24) is 0 Å². The second kappa shape index (κ2) is 10.7. The van der Waals surface area contributed by atoms with Crippen molar-refractivity contribution < 1.29 is 29.3 Å². The molecule has 1 aliphatic rings. The average Bonchev–Trinajstić information content (AvgIpc) is 2.57. The third-order valence-corrected chi connectivity index (χ3v) is 4.62. The number of allylic oxidation sites excluding steroid dienone is 3. The van der Waals surface area contributed by atoms with Crippen molar-refractivity contribution in [2.75, 3.05) is 0 Å². The van der Waals surface area contributed by atoms with Crippen LogP contribution >= 0.6 is 0 Å². The highest BCUT2D eigenvalue weighted by Gasteiger charge is 2.32. The Bertz CT molecular complexity index is 636. The topological polar surface area (TPSA) is 101 Å². The summed E-state index contributed by atoms with van der Waals surface area (Å²) < 4.78 is 5.00. The van der Waals surface area contributed by atoms with Gasteiger partial charge >= 0.3 is 11.9 Å². The van der Waals surface area contributed by atoms with Gasteiger partial charge in [0.2, 0.25) is 0 Å². The number of aliphatic carboxylic acids is 1. The number of carboxylic acid groups (broad SMARTS) is 1. The summed E-state index contributed by atoms with van der Waals surface area (Å²) in [6, 6.07) is 0. The van der Waals surface area contributed by atoms with Gasteiger partial charge in [-0.1, -0.05) is 45.4 Å². The first-order valence-electron chi connectivity index (χ1n) is 9.43. The number of hydrogen-bond donors (Lipinski definition) is 2. The van der Waals surface area contributed by atoms with Gasteiger partial charge in [-0.3, -0.25) is 4.79 Å². The Morgan fingerprint density at radius 2 is 1.96 bits per heavy atom. The first-order chi connectivity index (χ1) is 12.6. The van der Waals surface area contributed by atoms with E-state index in [1.54, 1.807) is 25.2 Å². The molecule has 1 saturated heterocycles. The third kappa shape index (κ3) is 7.41. The molecule has 0 aliphatic carbocycles. The molecule has 1 fully saturated rings. The number of aliphatic hydroxyl groups excluding tert-OH is 1. The highest BCUT2D eigenvalue weighted by molar-refractivity contribution is 6.19. The minimum absolute atomic E-state index is 0.0872. The van der Waals surface area contributed by atoms with Crippen molar-refractivity contribution >= 4 is 17.7 Å². The van der Waals surface area contributed by atoms with E-state index in [9.17, 15) is 24.6 Å². The Balaban J connectivity index is 2.62. The zero-order chi connectivity index (χ0) is 20.6. The van der Waals surface area contributed by atoms with E-state index in [0.717, 1.165) is 6.42 Å². The smallest absolute Gasteiger partial charge is 0.345 e. The largest absolute Gasteiger partial charge is 0.511 e. The van der Waals surface area contributed by atoms with Crippen LogP contribution in [-0.4, -0.2) is 34.0 Å². The molecule has 0 radical (unpaired) electrons. The number of rotatable bonds is 9. The van der Waals surface area contributed by atoms with Crippen LogP contribution in [0.5, 0.6) is 0 Å². The van der Waals surface area contributed by atoms with Gasteiger partial charge < -0.3 is 14.9 Å². The van der Waals surface area contributed by atoms with Crippen LogP contribution in [-0.2, 0) is 19.1 Å². The number of aliphatic hydroxyl groups is 1. The normalized spacial score (nSPS) is 22.5. The average molecular weight is 378 g/mol. The molecule has 1 heterocycles. The Morgan fingerprint density at radius 3 is 2.52 bits per heavy atom. The fourth-order valence-corrected chi connectivity index (χ4v) is 2.71. The van der Waals surface area contributed by atoms with Gasteiger partial charge in [-0.15, -0.1) is 0 Å². The Kier molecular flexibility index (Phi) is 8.98. The van der Waals surface area contributed by atoms with Crippen LogP contribution in [0.15, 0.2) is 35.1 Å². The molecular weight excluding hydrogens is 348 g/mol. The number of cyclic esters (lactones) is 1. The van der Waals surface area contributed by atoms with E-state index < -0.39 is 18.0 Å². The van der Waals surface area contributed by atoms with Crippen molar-refractivity contribution in [3.8, 4) is 0 Å². The lowest BCUT2D eigenvalue weighted by Gasteiger charge is -2.20. The Hall–Kier alpha value is -2.37. The van der Waals surface area contributed by atoms with Gasteiger partial charge in [-0.2, -0.15) is 0 Å². The van der Waals surface area contributed by atoms with Crippen LogP contribution < -0.4 is 0 Å². The van der Waals surface area contributed by atoms with Gasteiger partial charge in [-0.25, -0.2) is 9.59 Å². The van der Waals surface area contributed by atoms with Gasteiger partial charge in [0.25, 0.3) is 0 Å². The molecule has 150 valence electrons. The molecule has 0 amide bonds. The van der Waals surface area contributed by atoms with Crippen LogP contribution in [0, 0.1) is 11.8 Å². The van der Waals surface area contributed by atoms with E-state index in [4.69, 9.17) is 4.74 Å². The number of carbonyl (C=O) groups is 3. The van der Waals surface area contributed by atoms with E-state index in [0.29, 0.717) is 12.8 Å². The minimum atomic E-state index is -0.954. The number of carbonyl (C=O) groups excluding carboxylic acids is 2. The second-order valence-electron chi connectivity index (χ2n) is 7.26. The highest BCUT2D eigenvalue weighted by Crippen LogP contribution is 2.23. The van der Waals surface area contributed by atoms with Crippen molar-refractivity contribution in [2.45, 2.75) is 65.9 Å². The first kappa shape index (κ1) is 22.7. The maximum absolute atomic E-state index is 11.9. The van der Waals surface area contributed by atoms with E-state index in [1.165, 1.54) is 0 Å². The van der Waals surface area contributed by atoms with Gasteiger partial charge in [0.1, 0.15) is 17.4 Å². The summed E-state index contributed by atoms with van der Waals surface area (Å²) in [5.41, 5.74) is 0.0340. The summed E-state index contributed by atoms with van der Waals surface area (Å²) in [5.74, 6) is -1.98. The molecule has 6 nitrogen and oxygen atoms in total. The fourth-order valence-electron chi connectivity index (χ4n) is 2.71. The number of ketones is 1. The van der Waals surface area contributed by atoms with Crippen molar-refractivity contribution in [3.63, 3.8) is 0 Å². The van der Waals surface area contributed by atoms with E-state index in [1.807, 2.05) is 20.8 Å². The first-order valence-corrected chi connectivity index (χ1v) is 9.43. The fraction of sp³-hybridized carbons (Fsp3) is 0.571. The number of ether oxygens (including phenoxy) is 1. The predicted molar refractivity (Wildman–Crippen MR) is 102 cm³/mol. The Labute approximate surface area is 160 Å². The Morgan fingerprint density at radius 1 is 1.30 bits per heavy atom. The quantitative estimate of drug-likeness (QED) is 0.206. The molecule has 0 saturated carbocycles. The standard InChI is InChI=1S/C21H30O6/c1-5-13(2)11-16(20(24)25)8-6-7-14(3)9-10-17(22)19-18(23)12-15(4)27-21(19)26/h6,8,11,13-15,22H,5,7,9-10,12H2,1-4H3,(H,24,25)/b8-6+,16-11+,19-17?/t13-,14-,15+/m0/s1. The molecule has 6 heteroatoms. The van der Waals surface area contributed by atoms with Crippen LogP contribution in [0.25, 0.3) is 0 Å². The maximum atomic E-state index is 11.9. The number of esters is 1. The SMILES string of the molecule is CC[C@H](C)/C=C(\C=C\C[C@H](C)CCC(O)=C1C(=O)C[C@@H](C)OC1=O)C(=O)O. The maximum Gasteiger partial charge on any atom is 0.345 e. The lowest BCUT2D eigenvalue weighted by Crippen LogP contribution is -2.31. The monoisotopic (exact) mass is 378 g/mol. The molecule has 0 aromatic carbocycles. The van der Waals surface area contributed by atoms with E-state index >= 15 is 0 Å². The summed E-state index contributed by atoms with van der Waals surface area (Å²) in [7, 11) is 0. The summed E-state index contributed by atoms with van der Waals surface area (Å²) in [6.07, 6.45) is 7.04.